The quantitative estimate of drug-likeness (QED) is 0.514. The van der Waals surface area contributed by atoms with E-state index in [1.807, 2.05) is 0 Å². The molecule has 16 heavy (non-hydrogen) atoms. The number of aliphatic hydroxyl groups excluding tert-OH is 2. The van der Waals surface area contributed by atoms with Crippen molar-refractivity contribution in [2.75, 3.05) is 26.7 Å². The summed E-state index contributed by atoms with van der Waals surface area (Å²) in [7, 11) is 0. The summed E-state index contributed by atoms with van der Waals surface area (Å²) in [6.45, 7) is 1.69. The summed E-state index contributed by atoms with van der Waals surface area (Å²) in [6.07, 6.45) is -1.90. The Morgan fingerprint density at radius 2 is 1.25 bits per heavy atom. The van der Waals surface area contributed by atoms with E-state index in [2.05, 4.69) is 9.47 Å². The average Bonchev–Trinajstić information content (AvgIpc) is 2.25. The maximum Gasteiger partial charge on any atom is 0.431 e. The number of aliphatic hydroxyl groups is 2. The summed E-state index contributed by atoms with van der Waals surface area (Å²) < 4.78 is 9.14. The van der Waals surface area contributed by atoms with Crippen LogP contribution in [-0.2, 0) is 9.47 Å². The van der Waals surface area contributed by atoms with Crippen LogP contribution >= 0.6 is 0 Å². The van der Waals surface area contributed by atoms with Crippen molar-refractivity contribution in [2.24, 2.45) is 0 Å². The van der Waals surface area contributed by atoms with Gasteiger partial charge in [0, 0.05) is 0 Å². The van der Waals surface area contributed by atoms with E-state index in [0.29, 0.717) is 10.0 Å². The Bertz CT molecular complexity index is 211. The van der Waals surface area contributed by atoms with E-state index < -0.39 is 25.6 Å². The fraction of sp³-hybridized carbons (Fsp3) is 0.750. The highest BCUT2D eigenvalue weighted by Gasteiger charge is 2.26. The molecule has 8 nitrogen and oxygen atoms in total. The van der Waals surface area contributed by atoms with Gasteiger partial charge in [0.05, 0.1) is 13.2 Å². The lowest BCUT2D eigenvalue weighted by Gasteiger charge is -2.29. The molecule has 0 aromatic heterocycles. The van der Waals surface area contributed by atoms with Crippen molar-refractivity contribution in [1.29, 1.82) is 0 Å². The summed E-state index contributed by atoms with van der Waals surface area (Å²) in [4.78, 5) is 22.5. The second-order valence-corrected chi connectivity index (χ2v) is 2.48. The van der Waals surface area contributed by atoms with Crippen LogP contribution in [0.2, 0.25) is 0 Å². The Hall–Kier alpha value is -1.54. The van der Waals surface area contributed by atoms with Gasteiger partial charge in [0.15, 0.2) is 0 Å². The van der Waals surface area contributed by atoms with E-state index in [1.54, 1.807) is 13.8 Å². The standard InChI is InChI=1S/C8H16N2O6/c1-3-15-7(13)9(5-11)10(6-12)8(14)16-4-2/h11-12H,3-6H2,1-2H3. The normalized spacial score (nSPS) is 9.50. The summed E-state index contributed by atoms with van der Waals surface area (Å²) in [5, 5.41) is 18.9. The van der Waals surface area contributed by atoms with Gasteiger partial charge in [-0.15, -0.1) is 0 Å². The van der Waals surface area contributed by atoms with Crippen LogP contribution in [0.3, 0.4) is 0 Å². The molecule has 0 aliphatic rings. The van der Waals surface area contributed by atoms with Crippen molar-refractivity contribution in [1.82, 2.24) is 10.0 Å². The number of amides is 2. The molecule has 0 bridgehead atoms. The number of hydrogen-bond acceptors (Lipinski definition) is 6. The van der Waals surface area contributed by atoms with E-state index in [4.69, 9.17) is 10.2 Å². The van der Waals surface area contributed by atoms with Gasteiger partial charge < -0.3 is 19.7 Å². The summed E-state index contributed by atoms with van der Waals surface area (Å²) >= 11 is 0. The Kier molecular flexibility index (Phi) is 6.97. The summed E-state index contributed by atoms with van der Waals surface area (Å²) in [5.41, 5.74) is 0. The van der Waals surface area contributed by atoms with Crippen LogP contribution in [0.1, 0.15) is 13.8 Å². The minimum atomic E-state index is -0.952. The van der Waals surface area contributed by atoms with Crippen molar-refractivity contribution in [3.63, 3.8) is 0 Å². The SMILES string of the molecule is CCOC(=O)N(CO)N(CO)C(=O)OCC. The predicted molar refractivity (Wildman–Crippen MR) is 51.9 cm³/mol. The number of ether oxygens (including phenoxy) is 2. The molecule has 0 heterocycles. The van der Waals surface area contributed by atoms with Crippen molar-refractivity contribution < 1.29 is 29.3 Å². The van der Waals surface area contributed by atoms with Crippen LogP contribution in [-0.4, -0.2) is 59.1 Å². The van der Waals surface area contributed by atoms with Gasteiger partial charge in [0.2, 0.25) is 0 Å². The van der Waals surface area contributed by atoms with Gasteiger partial charge >= 0.3 is 12.2 Å². The highest BCUT2D eigenvalue weighted by molar-refractivity contribution is 5.73. The topological polar surface area (TPSA) is 99.5 Å². The minimum absolute atomic E-state index is 0.0808. The highest BCUT2D eigenvalue weighted by atomic mass is 16.6. The number of carbonyl (C=O) groups excluding carboxylic acids is 2. The molecule has 0 aliphatic heterocycles. The monoisotopic (exact) mass is 236 g/mol. The summed E-state index contributed by atoms with van der Waals surface area (Å²) in [5.74, 6) is 0. The molecule has 0 unspecified atom stereocenters. The molecule has 2 amide bonds. The summed E-state index contributed by atoms with van der Waals surface area (Å²) in [6, 6.07) is 0. The number of rotatable bonds is 4. The second kappa shape index (κ2) is 7.71. The van der Waals surface area contributed by atoms with Crippen molar-refractivity contribution in [3.8, 4) is 0 Å². The first-order chi connectivity index (χ1) is 7.62. The van der Waals surface area contributed by atoms with Gasteiger partial charge in [-0.1, -0.05) is 0 Å². The maximum absolute atomic E-state index is 11.3. The fourth-order valence-corrected chi connectivity index (χ4v) is 0.861. The average molecular weight is 236 g/mol. The van der Waals surface area contributed by atoms with Crippen LogP contribution in [0.25, 0.3) is 0 Å². The number of hydrogen-bond donors (Lipinski definition) is 2. The Balaban J connectivity index is 4.61. The molecule has 0 aliphatic carbocycles. The first kappa shape index (κ1) is 14.5. The molecule has 0 saturated heterocycles. The van der Waals surface area contributed by atoms with Gasteiger partial charge in [0.25, 0.3) is 0 Å². The minimum Gasteiger partial charge on any atom is -0.448 e. The smallest absolute Gasteiger partial charge is 0.431 e. The molecule has 0 fully saturated rings. The molecule has 0 spiro atoms. The molecule has 8 heteroatoms. The lowest BCUT2D eigenvalue weighted by molar-refractivity contribution is -0.0918. The van der Waals surface area contributed by atoms with Crippen LogP contribution in [0, 0.1) is 0 Å². The Labute approximate surface area is 92.9 Å². The van der Waals surface area contributed by atoms with Crippen molar-refractivity contribution in [2.45, 2.75) is 13.8 Å². The molecular formula is C8H16N2O6. The Morgan fingerprint density at radius 1 is 0.938 bits per heavy atom. The van der Waals surface area contributed by atoms with E-state index >= 15 is 0 Å². The third-order valence-electron chi connectivity index (χ3n) is 1.52. The Morgan fingerprint density at radius 3 is 1.44 bits per heavy atom. The number of carbonyl (C=O) groups is 2. The molecule has 2 N–H and O–H groups in total. The molecule has 94 valence electrons. The molecule has 0 radical (unpaired) electrons. The van der Waals surface area contributed by atoms with Gasteiger partial charge in [-0.2, -0.15) is 10.0 Å². The number of nitrogens with zero attached hydrogens (tertiary/aromatic N) is 2. The van der Waals surface area contributed by atoms with Gasteiger partial charge in [0.1, 0.15) is 13.5 Å². The molecule has 0 rings (SSSR count). The zero-order valence-electron chi connectivity index (χ0n) is 9.25. The van der Waals surface area contributed by atoms with Gasteiger partial charge in [-0.25, -0.2) is 9.59 Å². The third-order valence-corrected chi connectivity index (χ3v) is 1.52. The van der Waals surface area contributed by atoms with E-state index in [9.17, 15) is 9.59 Å². The van der Waals surface area contributed by atoms with Crippen molar-refractivity contribution in [3.05, 3.63) is 0 Å². The third kappa shape index (κ3) is 3.91. The lowest BCUT2D eigenvalue weighted by atomic mass is 10.8. The van der Waals surface area contributed by atoms with Gasteiger partial charge in [-0.3, -0.25) is 0 Å². The fourth-order valence-electron chi connectivity index (χ4n) is 0.861. The lowest BCUT2D eigenvalue weighted by Crippen LogP contribution is -2.51. The first-order valence-corrected chi connectivity index (χ1v) is 4.72. The highest BCUT2D eigenvalue weighted by Crippen LogP contribution is 2.02. The van der Waals surface area contributed by atoms with E-state index in [-0.39, 0.29) is 13.2 Å². The largest absolute Gasteiger partial charge is 0.448 e. The van der Waals surface area contributed by atoms with E-state index in [0.717, 1.165) is 0 Å². The van der Waals surface area contributed by atoms with Crippen LogP contribution in [0.4, 0.5) is 9.59 Å². The number of hydrazine groups is 1. The molecular weight excluding hydrogens is 220 g/mol. The van der Waals surface area contributed by atoms with Crippen LogP contribution in [0.5, 0.6) is 0 Å². The predicted octanol–water partition coefficient (Wildman–Crippen LogP) is -0.282. The zero-order chi connectivity index (χ0) is 12.6. The van der Waals surface area contributed by atoms with Crippen LogP contribution < -0.4 is 0 Å². The van der Waals surface area contributed by atoms with Crippen LogP contribution in [0.15, 0.2) is 0 Å². The zero-order valence-corrected chi connectivity index (χ0v) is 9.25. The van der Waals surface area contributed by atoms with Gasteiger partial charge in [-0.05, 0) is 13.8 Å². The molecule has 0 atom stereocenters. The van der Waals surface area contributed by atoms with Crippen molar-refractivity contribution >= 4 is 12.2 Å². The maximum atomic E-state index is 11.3. The second-order valence-electron chi connectivity index (χ2n) is 2.48. The first-order valence-electron chi connectivity index (χ1n) is 4.72. The molecule has 0 aromatic rings. The molecule has 0 aromatic carbocycles. The molecule has 0 saturated carbocycles. The van der Waals surface area contributed by atoms with E-state index in [1.165, 1.54) is 0 Å².